The predicted molar refractivity (Wildman–Crippen MR) is 214 cm³/mol. The molecule has 0 spiro atoms. The molecule has 0 saturated carbocycles. The van der Waals surface area contributed by atoms with Gasteiger partial charge in [0.25, 0.3) is 0 Å². The summed E-state index contributed by atoms with van der Waals surface area (Å²) in [6.45, 7) is 0. The molecule has 1 heteroatoms. The minimum absolute atomic E-state index is 1.22. The van der Waals surface area contributed by atoms with Crippen LogP contribution in [0.2, 0.25) is 0 Å². The van der Waals surface area contributed by atoms with E-state index in [9.17, 15) is 0 Å². The molecule has 228 valence electrons. The summed E-state index contributed by atoms with van der Waals surface area (Å²) in [4.78, 5) is 0. The normalized spacial score (nSPS) is 11.7. The third-order valence-electron chi connectivity index (χ3n) is 10.1. The van der Waals surface area contributed by atoms with Crippen molar-refractivity contribution >= 4 is 63.8 Å². The van der Waals surface area contributed by atoms with Crippen LogP contribution in [0.4, 0.5) is 0 Å². The molecule has 10 rings (SSSR count). The molecule has 0 saturated heterocycles. The van der Waals surface area contributed by atoms with E-state index in [2.05, 4.69) is 182 Å². The van der Waals surface area contributed by atoms with Crippen molar-refractivity contribution in [3.8, 4) is 44.5 Å². The molecule has 0 amide bonds. The lowest BCUT2D eigenvalue weighted by Crippen LogP contribution is -1.92. The Morgan fingerprint density at radius 3 is 1.53 bits per heavy atom. The molecule has 0 aliphatic heterocycles. The first kappa shape index (κ1) is 28.0. The van der Waals surface area contributed by atoms with Crippen LogP contribution < -0.4 is 0 Å². The van der Waals surface area contributed by atoms with Gasteiger partial charge in [-0.2, -0.15) is 0 Å². The van der Waals surface area contributed by atoms with E-state index in [-0.39, 0.29) is 0 Å². The van der Waals surface area contributed by atoms with Crippen LogP contribution >= 0.6 is 11.3 Å². The standard InChI is InChI=1S/C48H30S/c1-2-13-31(14-3-1)33-16-10-17-34(29-33)35-28-27-32-15-11-23-40(43(32)30-35)46-36-18-4-6-20-38(36)47(39-21-7-5-19-37(39)46)42-24-12-26-45-48(42)41-22-8-9-25-44(41)49-45/h1-30H. The maximum Gasteiger partial charge on any atom is 0.0361 e. The van der Waals surface area contributed by atoms with Crippen molar-refractivity contribution in [2.45, 2.75) is 0 Å². The summed E-state index contributed by atoms with van der Waals surface area (Å²) in [6.07, 6.45) is 0. The summed E-state index contributed by atoms with van der Waals surface area (Å²) in [5, 5.41) is 10.3. The van der Waals surface area contributed by atoms with Gasteiger partial charge in [-0.15, -0.1) is 11.3 Å². The average Bonchev–Trinajstić information content (AvgIpc) is 3.56. The zero-order chi connectivity index (χ0) is 32.3. The molecule has 0 fully saturated rings. The first-order valence-electron chi connectivity index (χ1n) is 16.8. The van der Waals surface area contributed by atoms with Crippen LogP contribution in [0.3, 0.4) is 0 Å². The molecular weight excluding hydrogens is 609 g/mol. The quantitative estimate of drug-likeness (QED) is 0.168. The van der Waals surface area contributed by atoms with Gasteiger partial charge in [0.1, 0.15) is 0 Å². The molecule has 1 aromatic heterocycles. The Kier molecular flexibility index (Phi) is 6.47. The van der Waals surface area contributed by atoms with Gasteiger partial charge in [-0.05, 0) is 101 Å². The average molecular weight is 639 g/mol. The van der Waals surface area contributed by atoms with E-state index in [1.165, 1.54) is 97.0 Å². The molecule has 0 atom stereocenters. The third kappa shape index (κ3) is 4.51. The van der Waals surface area contributed by atoms with E-state index in [4.69, 9.17) is 0 Å². The van der Waals surface area contributed by atoms with Crippen molar-refractivity contribution in [2.24, 2.45) is 0 Å². The first-order valence-corrected chi connectivity index (χ1v) is 17.7. The van der Waals surface area contributed by atoms with Gasteiger partial charge in [0, 0.05) is 20.2 Å². The monoisotopic (exact) mass is 638 g/mol. The minimum atomic E-state index is 1.22. The van der Waals surface area contributed by atoms with Crippen molar-refractivity contribution in [3.05, 3.63) is 182 Å². The SMILES string of the molecule is c1ccc(-c2cccc(-c3ccc4cccc(-c5c6ccccc6c(-c6cccc7sc8ccccc8c67)c6ccccc56)c4c3)c2)cc1. The van der Waals surface area contributed by atoms with Crippen LogP contribution in [0.1, 0.15) is 0 Å². The largest absolute Gasteiger partial charge is 0.135 e. The lowest BCUT2D eigenvalue weighted by molar-refractivity contribution is 1.60. The van der Waals surface area contributed by atoms with Gasteiger partial charge in [0.15, 0.2) is 0 Å². The first-order chi connectivity index (χ1) is 24.3. The van der Waals surface area contributed by atoms with Gasteiger partial charge in [-0.3, -0.25) is 0 Å². The van der Waals surface area contributed by atoms with Crippen molar-refractivity contribution in [2.75, 3.05) is 0 Å². The van der Waals surface area contributed by atoms with E-state index in [1.54, 1.807) is 0 Å². The van der Waals surface area contributed by atoms with Crippen LogP contribution in [0, 0.1) is 0 Å². The van der Waals surface area contributed by atoms with Crippen LogP contribution in [-0.2, 0) is 0 Å². The van der Waals surface area contributed by atoms with Crippen molar-refractivity contribution in [3.63, 3.8) is 0 Å². The highest BCUT2D eigenvalue weighted by Crippen LogP contribution is 2.48. The number of rotatable bonds is 4. The number of hydrogen-bond acceptors (Lipinski definition) is 1. The summed E-state index contributed by atoms with van der Waals surface area (Å²) in [5.74, 6) is 0. The summed E-state index contributed by atoms with van der Waals surface area (Å²) >= 11 is 1.88. The number of fused-ring (bicyclic) bond motifs is 6. The molecule has 0 aliphatic rings. The van der Waals surface area contributed by atoms with Crippen molar-refractivity contribution < 1.29 is 0 Å². The Bertz CT molecular complexity index is 2820. The van der Waals surface area contributed by atoms with E-state index >= 15 is 0 Å². The van der Waals surface area contributed by atoms with Gasteiger partial charge in [-0.25, -0.2) is 0 Å². The number of hydrogen-bond donors (Lipinski definition) is 0. The van der Waals surface area contributed by atoms with Crippen LogP contribution in [0.25, 0.3) is 97.0 Å². The lowest BCUT2D eigenvalue weighted by atomic mass is 9.83. The predicted octanol–water partition coefficient (Wildman–Crippen LogP) is 14.2. The Morgan fingerprint density at radius 2 is 0.796 bits per heavy atom. The second-order valence-electron chi connectivity index (χ2n) is 12.8. The number of benzene rings is 9. The zero-order valence-electron chi connectivity index (χ0n) is 26.7. The van der Waals surface area contributed by atoms with Crippen molar-refractivity contribution in [1.82, 2.24) is 0 Å². The molecule has 9 aromatic carbocycles. The molecule has 1 heterocycles. The van der Waals surface area contributed by atoms with E-state index in [0.717, 1.165) is 0 Å². The molecule has 0 bridgehead atoms. The van der Waals surface area contributed by atoms with E-state index < -0.39 is 0 Å². The fourth-order valence-electron chi connectivity index (χ4n) is 7.87. The Hall–Kier alpha value is -6.02. The molecule has 0 aliphatic carbocycles. The van der Waals surface area contributed by atoms with Gasteiger partial charge in [0.2, 0.25) is 0 Å². The summed E-state index contributed by atoms with van der Waals surface area (Å²) in [5.41, 5.74) is 10.1. The van der Waals surface area contributed by atoms with E-state index in [1.807, 2.05) is 11.3 Å². The molecule has 10 aromatic rings. The second kappa shape index (κ2) is 11.3. The molecular formula is C48H30S. The second-order valence-corrected chi connectivity index (χ2v) is 13.9. The lowest BCUT2D eigenvalue weighted by Gasteiger charge is -2.19. The summed E-state index contributed by atoms with van der Waals surface area (Å²) in [7, 11) is 0. The Balaban J connectivity index is 1.25. The topological polar surface area (TPSA) is 0 Å². The van der Waals surface area contributed by atoms with Crippen molar-refractivity contribution in [1.29, 1.82) is 0 Å². The van der Waals surface area contributed by atoms with Crippen LogP contribution in [-0.4, -0.2) is 0 Å². The molecule has 0 nitrogen and oxygen atoms in total. The maximum absolute atomic E-state index is 2.39. The zero-order valence-corrected chi connectivity index (χ0v) is 27.5. The fraction of sp³-hybridized carbons (Fsp3) is 0. The Morgan fingerprint density at radius 1 is 0.286 bits per heavy atom. The maximum atomic E-state index is 2.39. The fourth-order valence-corrected chi connectivity index (χ4v) is 9.00. The highest BCUT2D eigenvalue weighted by molar-refractivity contribution is 7.25. The smallest absolute Gasteiger partial charge is 0.0361 e. The molecule has 49 heavy (non-hydrogen) atoms. The molecule has 0 N–H and O–H groups in total. The Labute approximate surface area is 289 Å². The summed E-state index contributed by atoms with van der Waals surface area (Å²) < 4.78 is 2.66. The van der Waals surface area contributed by atoms with Crippen LogP contribution in [0.15, 0.2) is 182 Å². The highest BCUT2D eigenvalue weighted by atomic mass is 32.1. The number of thiophene rings is 1. The van der Waals surface area contributed by atoms with Gasteiger partial charge >= 0.3 is 0 Å². The highest BCUT2D eigenvalue weighted by Gasteiger charge is 2.20. The summed E-state index contributed by atoms with van der Waals surface area (Å²) in [6, 6.07) is 66.9. The van der Waals surface area contributed by atoms with Gasteiger partial charge in [0.05, 0.1) is 0 Å². The minimum Gasteiger partial charge on any atom is -0.135 e. The van der Waals surface area contributed by atoms with Crippen LogP contribution in [0.5, 0.6) is 0 Å². The third-order valence-corrected chi connectivity index (χ3v) is 11.2. The molecule has 0 radical (unpaired) electrons. The van der Waals surface area contributed by atoms with Gasteiger partial charge in [-0.1, -0.05) is 158 Å². The van der Waals surface area contributed by atoms with Gasteiger partial charge < -0.3 is 0 Å². The van der Waals surface area contributed by atoms with E-state index in [0.29, 0.717) is 0 Å². The molecule has 0 unspecified atom stereocenters.